The van der Waals surface area contributed by atoms with Gasteiger partial charge < -0.3 is 10.6 Å². The van der Waals surface area contributed by atoms with E-state index in [2.05, 4.69) is 17.9 Å². The summed E-state index contributed by atoms with van der Waals surface area (Å²) in [5.41, 5.74) is 5.67. The van der Waals surface area contributed by atoms with Gasteiger partial charge in [0.2, 0.25) is 5.91 Å². The van der Waals surface area contributed by atoms with Gasteiger partial charge in [-0.2, -0.15) is 5.26 Å². The number of carbonyl (C=O) groups is 1. The van der Waals surface area contributed by atoms with E-state index in [9.17, 15) is 4.79 Å². The number of piperazine rings is 1. The Morgan fingerprint density at radius 2 is 2.06 bits per heavy atom. The van der Waals surface area contributed by atoms with Crippen LogP contribution in [0.25, 0.3) is 0 Å². The second-order valence-corrected chi connectivity index (χ2v) is 4.80. The molecule has 5 nitrogen and oxygen atoms in total. The van der Waals surface area contributed by atoms with Crippen molar-refractivity contribution in [3.8, 4) is 6.07 Å². The Labute approximate surface area is 110 Å². The fourth-order valence-electron chi connectivity index (χ4n) is 2.35. The van der Waals surface area contributed by atoms with Crippen LogP contribution in [0.3, 0.4) is 0 Å². The van der Waals surface area contributed by atoms with Gasteiger partial charge in [-0.05, 0) is 6.42 Å². The largest absolute Gasteiger partial charge is 0.340 e. The molecule has 0 spiro atoms. The Bertz CT molecular complexity index is 292. The number of nitrogens with zero attached hydrogens (tertiary/aromatic N) is 3. The maximum atomic E-state index is 12.2. The number of carbonyl (C=O) groups excluding carboxylic acids is 1. The van der Waals surface area contributed by atoms with Crippen molar-refractivity contribution in [1.82, 2.24) is 9.80 Å². The molecule has 0 aromatic rings. The molecule has 5 heteroatoms. The summed E-state index contributed by atoms with van der Waals surface area (Å²) in [5, 5.41) is 8.55. The molecule has 102 valence electrons. The summed E-state index contributed by atoms with van der Waals surface area (Å²) in [5.74, 6) is 0.194. The first-order valence-electron chi connectivity index (χ1n) is 6.81. The molecular weight excluding hydrogens is 228 g/mol. The standard InChI is InChI=1S/C13H24N4O/c1-2-4-12(11-15)13(18)17-9-7-16(8-10-17)6-3-5-14/h12H,2-4,6-11,15H2,1H3. The van der Waals surface area contributed by atoms with Crippen molar-refractivity contribution in [2.24, 2.45) is 11.7 Å². The third kappa shape index (κ3) is 4.28. The van der Waals surface area contributed by atoms with Gasteiger partial charge in [-0.1, -0.05) is 13.3 Å². The lowest BCUT2D eigenvalue weighted by molar-refractivity contribution is -0.137. The van der Waals surface area contributed by atoms with E-state index in [0.717, 1.165) is 45.6 Å². The molecule has 1 unspecified atom stereocenters. The van der Waals surface area contributed by atoms with Crippen LogP contribution in [0.4, 0.5) is 0 Å². The quantitative estimate of drug-likeness (QED) is 0.743. The van der Waals surface area contributed by atoms with E-state index in [1.807, 2.05) is 4.90 Å². The zero-order chi connectivity index (χ0) is 13.4. The van der Waals surface area contributed by atoms with E-state index in [1.54, 1.807) is 0 Å². The third-order valence-electron chi connectivity index (χ3n) is 3.49. The van der Waals surface area contributed by atoms with Crippen LogP contribution in [0.15, 0.2) is 0 Å². The highest BCUT2D eigenvalue weighted by molar-refractivity contribution is 5.79. The lowest BCUT2D eigenvalue weighted by atomic mass is 10.0. The van der Waals surface area contributed by atoms with Gasteiger partial charge in [0.25, 0.3) is 0 Å². The molecule has 1 rings (SSSR count). The monoisotopic (exact) mass is 252 g/mol. The van der Waals surface area contributed by atoms with Crippen molar-refractivity contribution < 1.29 is 4.79 Å². The van der Waals surface area contributed by atoms with Gasteiger partial charge >= 0.3 is 0 Å². The number of nitriles is 1. The van der Waals surface area contributed by atoms with Gasteiger partial charge in [0.05, 0.1) is 12.0 Å². The molecule has 18 heavy (non-hydrogen) atoms. The second-order valence-electron chi connectivity index (χ2n) is 4.80. The summed E-state index contributed by atoms with van der Waals surface area (Å²) >= 11 is 0. The average Bonchev–Trinajstić information content (AvgIpc) is 2.42. The Morgan fingerprint density at radius 3 is 2.56 bits per heavy atom. The predicted octanol–water partition coefficient (Wildman–Crippen LogP) is 0.419. The second kappa shape index (κ2) is 8.06. The smallest absolute Gasteiger partial charge is 0.227 e. The molecule has 0 aliphatic carbocycles. The summed E-state index contributed by atoms with van der Waals surface area (Å²) in [4.78, 5) is 16.4. The van der Waals surface area contributed by atoms with Gasteiger partial charge in [0, 0.05) is 45.7 Å². The first kappa shape index (κ1) is 14.9. The first-order valence-corrected chi connectivity index (χ1v) is 6.81. The summed E-state index contributed by atoms with van der Waals surface area (Å²) in [6, 6.07) is 2.15. The molecule has 0 bridgehead atoms. The summed E-state index contributed by atoms with van der Waals surface area (Å²) in [6.07, 6.45) is 2.44. The maximum absolute atomic E-state index is 12.2. The van der Waals surface area contributed by atoms with E-state index in [4.69, 9.17) is 11.0 Å². The van der Waals surface area contributed by atoms with E-state index >= 15 is 0 Å². The molecule has 0 aromatic carbocycles. The van der Waals surface area contributed by atoms with Crippen LogP contribution in [0.1, 0.15) is 26.2 Å². The summed E-state index contributed by atoms with van der Waals surface area (Å²) in [6.45, 7) is 6.62. The Hall–Kier alpha value is -1.12. The fraction of sp³-hybridized carbons (Fsp3) is 0.846. The van der Waals surface area contributed by atoms with Crippen molar-refractivity contribution in [3.05, 3.63) is 0 Å². The van der Waals surface area contributed by atoms with Crippen LogP contribution in [-0.4, -0.2) is 55.0 Å². The van der Waals surface area contributed by atoms with E-state index in [0.29, 0.717) is 13.0 Å². The molecule has 0 radical (unpaired) electrons. The highest BCUT2D eigenvalue weighted by Gasteiger charge is 2.25. The zero-order valence-electron chi connectivity index (χ0n) is 11.3. The maximum Gasteiger partial charge on any atom is 0.227 e. The minimum Gasteiger partial charge on any atom is -0.340 e. The van der Waals surface area contributed by atoms with Crippen LogP contribution in [0.2, 0.25) is 0 Å². The van der Waals surface area contributed by atoms with Gasteiger partial charge in [-0.3, -0.25) is 9.69 Å². The average molecular weight is 252 g/mol. The SMILES string of the molecule is CCCC(CN)C(=O)N1CCN(CCC#N)CC1. The van der Waals surface area contributed by atoms with Crippen LogP contribution in [0.5, 0.6) is 0 Å². The van der Waals surface area contributed by atoms with Crippen LogP contribution in [0, 0.1) is 17.2 Å². The highest BCUT2D eigenvalue weighted by atomic mass is 16.2. The van der Waals surface area contributed by atoms with Crippen LogP contribution in [-0.2, 0) is 4.79 Å². The Morgan fingerprint density at radius 1 is 1.39 bits per heavy atom. The van der Waals surface area contributed by atoms with Crippen molar-refractivity contribution in [1.29, 1.82) is 5.26 Å². The molecule has 1 saturated heterocycles. The molecule has 1 aliphatic rings. The minimum absolute atomic E-state index is 0.0133. The zero-order valence-corrected chi connectivity index (χ0v) is 11.3. The molecular formula is C13H24N4O. The van der Waals surface area contributed by atoms with Crippen molar-refractivity contribution >= 4 is 5.91 Å². The van der Waals surface area contributed by atoms with Crippen molar-refractivity contribution in [2.75, 3.05) is 39.3 Å². The molecule has 1 aliphatic heterocycles. The predicted molar refractivity (Wildman–Crippen MR) is 70.7 cm³/mol. The van der Waals surface area contributed by atoms with Crippen molar-refractivity contribution in [3.63, 3.8) is 0 Å². The molecule has 2 N–H and O–H groups in total. The normalized spacial score (nSPS) is 18.4. The molecule has 1 heterocycles. The molecule has 0 aromatic heterocycles. The van der Waals surface area contributed by atoms with Gasteiger partial charge in [0.1, 0.15) is 0 Å². The Balaban J connectivity index is 2.37. The van der Waals surface area contributed by atoms with Gasteiger partial charge in [0.15, 0.2) is 0 Å². The fourth-order valence-corrected chi connectivity index (χ4v) is 2.35. The molecule has 0 saturated carbocycles. The number of amides is 1. The number of rotatable bonds is 6. The van der Waals surface area contributed by atoms with Crippen LogP contribution >= 0.6 is 0 Å². The van der Waals surface area contributed by atoms with E-state index < -0.39 is 0 Å². The van der Waals surface area contributed by atoms with Gasteiger partial charge in [-0.25, -0.2) is 0 Å². The molecule has 1 atom stereocenters. The summed E-state index contributed by atoms with van der Waals surface area (Å²) in [7, 11) is 0. The lowest BCUT2D eigenvalue weighted by Gasteiger charge is -2.36. The third-order valence-corrected chi connectivity index (χ3v) is 3.49. The van der Waals surface area contributed by atoms with Crippen molar-refractivity contribution in [2.45, 2.75) is 26.2 Å². The molecule has 1 fully saturated rings. The number of nitrogens with two attached hydrogens (primary N) is 1. The topological polar surface area (TPSA) is 73.4 Å². The Kier molecular flexibility index (Phi) is 6.69. The van der Waals surface area contributed by atoms with Crippen LogP contribution < -0.4 is 5.73 Å². The minimum atomic E-state index is -0.0133. The first-order chi connectivity index (χ1) is 8.72. The summed E-state index contributed by atoms with van der Waals surface area (Å²) < 4.78 is 0. The highest BCUT2D eigenvalue weighted by Crippen LogP contribution is 2.12. The number of hydrogen-bond acceptors (Lipinski definition) is 4. The number of hydrogen-bond donors (Lipinski definition) is 1. The molecule has 1 amide bonds. The van der Waals surface area contributed by atoms with Gasteiger partial charge in [-0.15, -0.1) is 0 Å². The van der Waals surface area contributed by atoms with E-state index in [-0.39, 0.29) is 11.8 Å². The lowest BCUT2D eigenvalue weighted by Crippen LogP contribution is -2.51. The van der Waals surface area contributed by atoms with E-state index in [1.165, 1.54) is 0 Å².